The first-order valence-corrected chi connectivity index (χ1v) is 9.07. The summed E-state index contributed by atoms with van der Waals surface area (Å²) in [6.07, 6.45) is 0.783. The van der Waals surface area contributed by atoms with Crippen LogP contribution in [-0.4, -0.2) is 78.1 Å². The highest BCUT2D eigenvalue weighted by atomic mass is 16.2. The van der Waals surface area contributed by atoms with Gasteiger partial charge in [-0.3, -0.25) is 19.2 Å². The van der Waals surface area contributed by atoms with Gasteiger partial charge in [-0.05, 0) is 25.0 Å². The number of rotatable bonds is 7. The number of benzene rings is 1. The topological polar surface area (TPSA) is 90.0 Å². The van der Waals surface area contributed by atoms with Crippen molar-refractivity contribution in [2.24, 2.45) is 0 Å². The Balaban J connectivity index is 1.89. The molecule has 1 N–H and O–H groups in total. The second-order valence-electron chi connectivity index (χ2n) is 6.42. The van der Waals surface area contributed by atoms with E-state index in [0.717, 1.165) is 17.7 Å². The summed E-state index contributed by atoms with van der Waals surface area (Å²) in [6.45, 7) is 4.64. The summed E-state index contributed by atoms with van der Waals surface area (Å²) >= 11 is 0. The zero-order valence-corrected chi connectivity index (χ0v) is 16.0. The van der Waals surface area contributed by atoms with Gasteiger partial charge in [0, 0.05) is 32.4 Å². The molecule has 146 valence electrons. The maximum atomic E-state index is 12.4. The van der Waals surface area contributed by atoms with Crippen molar-refractivity contribution >= 4 is 29.3 Å². The lowest BCUT2D eigenvalue weighted by atomic mass is 10.1. The predicted octanol–water partition coefficient (Wildman–Crippen LogP) is 0.337. The molecule has 1 saturated heterocycles. The molecule has 27 heavy (non-hydrogen) atoms. The first-order chi connectivity index (χ1) is 12.9. The largest absolute Gasteiger partial charge is 0.335 e. The standard InChI is InChI=1S/C19H26N4O4/c1-4-14-8-6-7-9-15(14)20-16(24)12-21(3)17(25)13-23-11-10-22(5-2)18(26)19(23)27/h6-9H,4-5,10-13H2,1-3H3,(H,20,24). The number of hydrogen-bond donors (Lipinski definition) is 1. The fraction of sp³-hybridized carbons (Fsp3) is 0.474. The molecule has 1 aliphatic heterocycles. The smallest absolute Gasteiger partial charge is 0.312 e. The minimum absolute atomic E-state index is 0.131. The molecular weight excluding hydrogens is 348 g/mol. The van der Waals surface area contributed by atoms with Crippen LogP contribution in [0.3, 0.4) is 0 Å². The molecule has 1 aromatic carbocycles. The van der Waals surface area contributed by atoms with Gasteiger partial charge >= 0.3 is 11.8 Å². The van der Waals surface area contributed by atoms with E-state index in [1.54, 1.807) is 6.92 Å². The van der Waals surface area contributed by atoms with Crippen molar-refractivity contribution in [3.05, 3.63) is 29.8 Å². The Labute approximate surface area is 159 Å². The number of nitrogens with zero attached hydrogens (tertiary/aromatic N) is 3. The lowest BCUT2D eigenvalue weighted by Gasteiger charge is -2.33. The van der Waals surface area contributed by atoms with Crippen LogP contribution in [-0.2, 0) is 25.6 Å². The third-order valence-electron chi connectivity index (χ3n) is 4.58. The molecule has 1 fully saturated rings. The van der Waals surface area contributed by atoms with E-state index in [2.05, 4.69) is 5.32 Å². The molecule has 0 unspecified atom stereocenters. The van der Waals surface area contributed by atoms with Gasteiger partial charge in [-0.1, -0.05) is 25.1 Å². The van der Waals surface area contributed by atoms with Crippen molar-refractivity contribution in [3.8, 4) is 0 Å². The monoisotopic (exact) mass is 374 g/mol. The Morgan fingerprint density at radius 3 is 2.37 bits per heavy atom. The van der Waals surface area contributed by atoms with Gasteiger partial charge < -0.3 is 20.0 Å². The highest BCUT2D eigenvalue weighted by Crippen LogP contribution is 2.15. The summed E-state index contributed by atoms with van der Waals surface area (Å²) < 4.78 is 0. The lowest BCUT2D eigenvalue weighted by molar-refractivity contribution is -0.157. The maximum absolute atomic E-state index is 12.4. The second kappa shape index (κ2) is 9.16. The third-order valence-corrected chi connectivity index (χ3v) is 4.58. The highest BCUT2D eigenvalue weighted by Gasteiger charge is 2.33. The van der Waals surface area contributed by atoms with E-state index in [-0.39, 0.29) is 24.9 Å². The molecule has 2 rings (SSSR count). The van der Waals surface area contributed by atoms with Crippen LogP contribution in [0.15, 0.2) is 24.3 Å². The van der Waals surface area contributed by atoms with E-state index in [9.17, 15) is 19.2 Å². The van der Waals surface area contributed by atoms with E-state index in [4.69, 9.17) is 0 Å². The number of hydrogen-bond acceptors (Lipinski definition) is 4. The fourth-order valence-electron chi connectivity index (χ4n) is 2.90. The van der Waals surface area contributed by atoms with Crippen LogP contribution in [0.5, 0.6) is 0 Å². The van der Waals surface area contributed by atoms with E-state index in [0.29, 0.717) is 19.6 Å². The normalized spacial score (nSPS) is 14.3. The van der Waals surface area contributed by atoms with Crippen molar-refractivity contribution in [3.63, 3.8) is 0 Å². The lowest BCUT2D eigenvalue weighted by Crippen LogP contribution is -2.56. The number of amides is 4. The van der Waals surface area contributed by atoms with E-state index in [1.165, 1.54) is 21.7 Å². The van der Waals surface area contributed by atoms with Crippen molar-refractivity contribution in [2.45, 2.75) is 20.3 Å². The molecule has 0 aliphatic carbocycles. The van der Waals surface area contributed by atoms with E-state index in [1.807, 2.05) is 31.2 Å². The number of anilines is 1. The van der Waals surface area contributed by atoms with Crippen LogP contribution >= 0.6 is 0 Å². The van der Waals surface area contributed by atoms with Crippen LogP contribution in [0.1, 0.15) is 19.4 Å². The van der Waals surface area contributed by atoms with Crippen LogP contribution in [0.25, 0.3) is 0 Å². The van der Waals surface area contributed by atoms with Crippen molar-refractivity contribution in [2.75, 3.05) is 45.1 Å². The number of para-hydroxylation sites is 1. The van der Waals surface area contributed by atoms with Gasteiger partial charge in [0.1, 0.15) is 6.54 Å². The Hall–Kier alpha value is -2.90. The van der Waals surface area contributed by atoms with E-state index < -0.39 is 11.8 Å². The Morgan fingerprint density at radius 1 is 1.07 bits per heavy atom. The molecule has 0 saturated carbocycles. The van der Waals surface area contributed by atoms with Crippen LogP contribution < -0.4 is 5.32 Å². The fourth-order valence-corrected chi connectivity index (χ4v) is 2.90. The van der Waals surface area contributed by atoms with Crippen LogP contribution in [0.2, 0.25) is 0 Å². The Bertz CT molecular complexity index is 734. The Morgan fingerprint density at radius 2 is 1.70 bits per heavy atom. The summed E-state index contributed by atoms with van der Waals surface area (Å²) in [5.74, 6) is -1.97. The number of piperazine rings is 1. The SMILES string of the molecule is CCc1ccccc1NC(=O)CN(C)C(=O)CN1CCN(CC)C(=O)C1=O. The second-order valence-corrected chi connectivity index (χ2v) is 6.42. The minimum atomic E-state index is -0.675. The molecule has 1 aromatic rings. The van der Waals surface area contributed by atoms with Gasteiger partial charge in [0.25, 0.3) is 0 Å². The zero-order valence-electron chi connectivity index (χ0n) is 16.0. The number of carbonyl (C=O) groups is 4. The maximum Gasteiger partial charge on any atom is 0.312 e. The summed E-state index contributed by atoms with van der Waals surface area (Å²) in [5.41, 5.74) is 1.74. The van der Waals surface area contributed by atoms with Gasteiger partial charge in [-0.2, -0.15) is 0 Å². The number of likely N-dealkylation sites (N-methyl/N-ethyl adjacent to an activating group) is 2. The van der Waals surface area contributed by atoms with Crippen molar-refractivity contribution in [1.29, 1.82) is 0 Å². The van der Waals surface area contributed by atoms with Gasteiger partial charge in [-0.15, -0.1) is 0 Å². The predicted molar refractivity (Wildman–Crippen MR) is 101 cm³/mol. The average Bonchev–Trinajstić information content (AvgIpc) is 2.65. The molecule has 0 radical (unpaired) electrons. The molecular formula is C19H26N4O4. The summed E-state index contributed by atoms with van der Waals surface area (Å²) in [7, 11) is 1.50. The van der Waals surface area contributed by atoms with Crippen molar-refractivity contribution in [1.82, 2.24) is 14.7 Å². The molecule has 0 bridgehead atoms. The van der Waals surface area contributed by atoms with Gasteiger partial charge in [-0.25, -0.2) is 0 Å². The molecule has 0 aromatic heterocycles. The Kier molecular flexibility index (Phi) is 6.92. The molecule has 0 atom stereocenters. The summed E-state index contributed by atoms with van der Waals surface area (Å²) in [5, 5.41) is 2.81. The molecule has 0 spiro atoms. The number of carbonyl (C=O) groups excluding carboxylic acids is 4. The average molecular weight is 374 g/mol. The first-order valence-electron chi connectivity index (χ1n) is 9.07. The quantitative estimate of drug-likeness (QED) is 0.697. The molecule has 4 amide bonds. The van der Waals surface area contributed by atoms with Crippen molar-refractivity contribution < 1.29 is 19.2 Å². The molecule has 8 nitrogen and oxygen atoms in total. The van der Waals surface area contributed by atoms with Gasteiger partial charge in [0.2, 0.25) is 11.8 Å². The van der Waals surface area contributed by atoms with Crippen LogP contribution in [0, 0.1) is 0 Å². The number of aryl methyl sites for hydroxylation is 1. The molecule has 1 aliphatic rings. The van der Waals surface area contributed by atoms with Gasteiger partial charge in [0.05, 0.1) is 6.54 Å². The summed E-state index contributed by atoms with van der Waals surface area (Å²) in [6, 6.07) is 7.49. The molecule has 1 heterocycles. The molecule has 8 heteroatoms. The highest BCUT2D eigenvalue weighted by molar-refractivity contribution is 6.35. The third kappa shape index (κ3) is 5.06. The zero-order chi connectivity index (χ0) is 20.0. The van der Waals surface area contributed by atoms with Crippen LogP contribution in [0.4, 0.5) is 5.69 Å². The summed E-state index contributed by atoms with van der Waals surface area (Å²) in [4.78, 5) is 52.5. The van der Waals surface area contributed by atoms with Gasteiger partial charge in [0.15, 0.2) is 0 Å². The minimum Gasteiger partial charge on any atom is -0.335 e. The van der Waals surface area contributed by atoms with E-state index >= 15 is 0 Å². The number of nitrogens with one attached hydrogen (secondary N) is 1. The first kappa shape index (κ1) is 20.4.